The number of piperazine rings is 1. The maximum Gasteiger partial charge on any atom is 0.246 e. The van der Waals surface area contributed by atoms with E-state index in [1.54, 1.807) is 24.3 Å². The lowest BCUT2D eigenvalue weighted by atomic mass is 9.80. The predicted octanol–water partition coefficient (Wildman–Crippen LogP) is 2.91. The lowest BCUT2D eigenvalue weighted by Gasteiger charge is -2.52. The van der Waals surface area contributed by atoms with Gasteiger partial charge in [0.1, 0.15) is 11.6 Å². The number of hydrogen-bond donors (Lipinski definition) is 2. The molecule has 0 saturated carbocycles. The van der Waals surface area contributed by atoms with Crippen molar-refractivity contribution in [3.05, 3.63) is 41.2 Å². The molecule has 4 rings (SSSR count). The molecule has 0 aliphatic carbocycles. The molecule has 10 nitrogen and oxygen atoms in total. The molecule has 2 aliphatic heterocycles. The third kappa shape index (κ3) is 5.82. The number of likely N-dealkylation sites (tertiary alicyclic amines) is 1. The fraction of sp³-hybridized carbons (Fsp3) is 0.621. The Morgan fingerprint density at radius 1 is 1.12 bits per heavy atom. The fourth-order valence-electron chi connectivity index (χ4n) is 5.99. The number of sulfonamides is 1. The van der Waals surface area contributed by atoms with Gasteiger partial charge in [0.2, 0.25) is 21.8 Å². The van der Waals surface area contributed by atoms with Gasteiger partial charge in [-0.1, -0.05) is 27.2 Å². The molecule has 40 heavy (non-hydrogen) atoms. The molecule has 0 bridgehead atoms. The normalized spacial score (nSPS) is 20.0. The fourth-order valence-corrected chi connectivity index (χ4v) is 6.72. The van der Waals surface area contributed by atoms with Crippen LogP contribution in [0.2, 0.25) is 0 Å². The third-order valence-corrected chi connectivity index (χ3v) is 9.85. The Hall–Kier alpha value is -2.76. The summed E-state index contributed by atoms with van der Waals surface area (Å²) in [5, 5.41) is 7.83. The smallest absolute Gasteiger partial charge is 0.246 e. The van der Waals surface area contributed by atoms with Crippen LogP contribution in [-0.4, -0.2) is 78.1 Å². The van der Waals surface area contributed by atoms with Crippen molar-refractivity contribution in [3.63, 3.8) is 0 Å². The molecule has 1 atom stereocenters. The Kier molecular flexibility index (Phi) is 9.06. The first-order valence-corrected chi connectivity index (χ1v) is 15.9. The van der Waals surface area contributed by atoms with E-state index in [-0.39, 0.29) is 16.7 Å². The predicted molar refractivity (Wildman–Crippen MR) is 155 cm³/mol. The number of benzene rings is 1. The highest BCUT2D eigenvalue weighted by atomic mass is 32.2. The number of nitrogens with one attached hydrogen (secondary N) is 2. The molecule has 2 amide bonds. The van der Waals surface area contributed by atoms with Gasteiger partial charge in [-0.25, -0.2) is 17.8 Å². The SMILES string of the molecule is CCCCN1C(=O)C(CC(C)C)NC(=O)C12CCN(Cc1c(C)nn(-c3ccc(S(=O)(=O)NC)cc3)c1C)CC2. The first kappa shape index (κ1) is 30.2. The average molecular weight is 573 g/mol. The lowest BCUT2D eigenvalue weighted by molar-refractivity contribution is -0.161. The van der Waals surface area contributed by atoms with Crippen LogP contribution in [0, 0.1) is 19.8 Å². The van der Waals surface area contributed by atoms with Crippen molar-refractivity contribution >= 4 is 21.8 Å². The minimum Gasteiger partial charge on any atom is -0.342 e. The van der Waals surface area contributed by atoms with Crippen LogP contribution >= 0.6 is 0 Å². The number of piperidine rings is 1. The monoisotopic (exact) mass is 572 g/mol. The van der Waals surface area contributed by atoms with Gasteiger partial charge < -0.3 is 10.2 Å². The molecule has 1 aromatic carbocycles. The number of amides is 2. The Balaban J connectivity index is 1.49. The van der Waals surface area contributed by atoms with Crippen molar-refractivity contribution in [3.8, 4) is 5.69 Å². The zero-order valence-electron chi connectivity index (χ0n) is 24.7. The number of aromatic nitrogens is 2. The highest BCUT2D eigenvalue weighted by Gasteiger charge is 2.53. The van der Waals surface area contributed by atoms with Gasteiger partial charge in [0, 0.05) is 37.4 Å². The zero-order chi connectivity index (χ0) is 29.2. The maximum absolute atomic E-state index is 13.5. The van der Waals surface area contributed by atoms with E-state index in [1.807, 2.05) is 23.4 Å². The number of rotatable bonds is 10. The standard InChI is InChI=1S/C29H44N6O4S/c1-7-8-15-34-27(36)26(18-20(2)3)31-28(37)29(34)13-16-33(17-14-29)19-25-21(4)32-35(22(25)5)23-9-11-24(12-10-23)40(38,39)30-6/h9-12,20,26,30H,7-8,13-19H2,1-6H3,(H,31,37). The minimum absolute atomic E-state index is 0.00239. The minimum atomic E-state index is -3.51. The second-order valence-electron chi connectivity index (χ2n) is 11.6. The number of aryl methyl sites for hydroxylation is 1. The van der Waals surface area contributed by atoms with E-state index in [9.17, 15) is 18.0 Å². The summed E-state index contributed by atoms with van der Waals surface area (Å²) >= 11 is 0. The quantitative estimate of drug-likeness (QED) is 0.452. The molecular formula is C29H44N6O4S. The van der Waals surface area contributed by atoms with Crippen LogP contribution in [0.4, 0.5) is 0 Å². The summed E-state index contributed by atoms with van der Waals surface area (Å²) in [6.45, 7) is 13.0. The van der Waals surface area contributed by atoms with E-state index in [2.05, 4.69) is 35.7 Å². The van der Waals surface area contributed by atoms with Gasteiger partial charge in [-0.3, -0.25) is 14.5 Å². The lowest BCUT2D eigenvalue weighted by Crippen LogP contribution is -2.73. The molecule has 220 valence electrons. The van der Waals surface area contributed by atoms with Gasteiger partial charge in [0.25, 0.3) is 0 Å². The molecular weight excluding hydrogens is 528 g/mol. The molecule has 0 radical (unpaired) electrons. The van der Waals surface area contributed by atoms with Crippen molar-refractivity contribution < 1.29 is 18.0 Å². The van der Waals surface area contributed by atoms with E-state index < -0.39 is 21.6 Å². The van der Waals surface area contributed by atoms with Gasteiger partial charge in [-0.2, -0.15) is 5.10 Å². The summed E-state index contributed by atoms with van der Waals surface area (Å²) < 4.78 is 28.4. The summed E-state index contributed by atoms with van der Waals surface area (Å²) in [7, 11) is -2.11. The van der Waals surface area contributed by atoms with Crippen LogP contribution < -0.4 is 10.0 Å². The van der Waals surface area contributed by atoms with E-state index >= 15 is 0 Å². The second-order valence-corrected chi connectivity index (χ2v) is 13.5. The van der Waals surface area contributed by atoms with Crippen molar-refractivity contribution in [1.82, 2.24) is 29.6 Å². The van der Waals surface area contributed by atoms with Gasteiger partial charge in [-0.05, 0) is 76.8 Å². The Morgan fingerprint density at radius 3 is 2.35 bits per heavy atom. The number of hydrogen-bond acceptors (Lipinski definition) is 6. The van der Waals surface area contributed by atoms with Crippen LogP contribution in [0.15, 0.2) is 29.2 Å². The number of carbonyl (C=O) groups excluding carboxylic acids is 2. The highest BCUT2D eigenvalue weighted by molar-refractivity contribution is 7.89. The Bertz CT molecular complexity index is 1330. The Morgan fingerprint density at radius 2 is 1.77 bits per heavy atom. The molecule has 1 unspecified atom stereocenters. The molecule has 3 heterocycles. The third-order valence-electron chi connectivity index (χ3n) is 8.42. The van der Waals surface area contributed by atoms with Crippen LogP contribution in [0.3, 0.4) is 0 Å². The zero-order valence-corrected chi connectivity index (χ0v) is 25.5. The summed E-state index contributed by atoms with van der Waals surface area (Å²) in [4.78, 5) is 31.5. The molecule has 2 fully saturated rings. The summed E-state index contributed by atoms with van der Waals surface area (Å²) in [6, 6.07) is 6.24. The average Bonchev–Trinajstić information content (AvgIpc) is 3.21. The molecule has 2 aliphatic rings. The number of carbonyl (C=O) groups is 2. The molecule has 2 N–H and O–H groups in total. The van der Waals surface area contributed by atoms with Crippen molar-refractivity contribution in [2.75, 3.05) is 26.7 Å². The largest absolute Gasteiger partial charge is 0.342 e. The van der Waals surface area contributed by atoms with Crippen molar-refractivity contribution in [2.24, 2.45) is 5.92 Å². The number of unbranched alkanes of at least 4 members (excludes halogenated alkanes) is 1. The van der Waals surface area contributed by atoms with E-state index in [1.165, 1.54) is 7.05 Å². The van der Waals surface area contributed by atoms with Gasteiger partial charge in [-0.15, -0.1) is 0 Å². The van der Waals surface area contributed by atoms with Crippen LogP contribution in [0.5, 0.6) is 0 Å². The first-order chi connectivity index (χ1) is 18.9. The van der Waals surface area contributed by atoms with Crippen LogP contribution in [0.25, 0.3) is 5.69 Å². The van der Waals surface area contributed by atoms with Gasteiger partial charge in [0.05, 0.1) is 16.3 Å². The summed E-state index contributed by atoms with van der Waals surface area (Å²) in [5.74, 6) is 0.388. The topological polar surface area (TPSA) is 117 Å². The molecule has 2 aromatic rings. The highest BCUT2D eigenvalue weighted by Crippen LogP contribution is 2.35. The van der Waals surface area contributed by atoms with Crippen LogP contribution in [-0.2, 0) is 26.2 Å². The second kappa shape index (κ2) is 12.0. The van der Waals surface area contributed by atoms with Crippen molar-refractivity contribution in [2.45, 2.75) is 89.7 Å². The van der Waals surface area contributed by atoms with E-state index in [0.717, 1.165) is 35.5 Å². The summed E-state index contributed by atoms with van der Waals surface area (Å²) in [5.41, 5.74) is 3.04. The molecule has 2 saturated heterocycles. The molecule has 1 aromatic heterocycles. The number of nitrogens with zero attached hydrogens (tertiary/aromatic N) is 4. The van der Waals surface area contributed by atoms with E-state index in [4.69, 9.17) is 5.10 Å². The first-order valence-electron chi connectivity index (χ1n) is 14.4. The van der Waals surface area contributed by atoms with Crippen LogP contribution in [0.1, 0.15) is 69.8 Å². The molecule has 1 spiro atoms. The maximum atomic E-state index is 13.5. The van der Waals surface area contributed by atoms with Crippen molar-refractivity contribution in [1.29, 1.82) is 0 Å². The summed E-state index contributed by atoms with van der Waals surface area (Å²) in [6.07, 6.45) is 3.73. The van der Waals surface area contributed by atoms with Gasteiger partial charge in [0.15, 0.2) is 0 Å². The van der Waals surface area contributed by atoms with Gasteiger partial charge >= 0.3 is 0 Å². The Labute approximate surface area is 238 Å². The molecule has 11 heteroatoms. The van der Waals surface area contributed by atoms with E-state index in [0.29, 0.717) is 51.4 Å².